The Morgan fingerprint density at radius 1 is 1.24 bits per heavy atom. The van der Waals surface area contributed by atoms with E-state index in [4.69, 9.17) is 0 Å². The van der Waals surface area contributed by atoms with Crippen molar-refractivity contribution in [3.63, 3.8) is 0 Å². The monoisotopic (exact) mass is 390 g/mol. The lowest BCUT2D eigenvalue weighted by Crippen LogP contribution is -2.09. The number of fused-ring (bicyclic) bond motifs is 1. The molecule has 3 N–H and O–H groups in total. The molecule has 0 bridgehead atoms. The predicted octanol–water partition coefficient (Wildman–Crippen LogP) is 4.32. The Morgan fingerprint density at radius 2 is 2.03 bits per heavy atom. The van der Waals surface area contributed by atoms with Crippen LogP contribution < -0.4 is 5.32 Å². The van der Waals surface area contributed by atoms with Crippen molar-refractivity contribution in [2.45, 2.75) is 39.0 Å². The van der Waals surface area contributed by atoms with Crippen LogP contribution in [0.15, 0.2) is 42.1 Å². The van der Waals surface area contributed by atoms with Crippen LogP contribution in [0.5, 0.6) is 0 Å². The summed E-state index contributed by atoms with van der Waals surface area (Å²) in [5.74, 6) is -0.571. The first-order valence-electron chi connectivity index (χ1n) is 9.77. The fraction of sp³-hybridized carbons (Fsp3) is 0.273. The van der Waals surface area contributed by atoms with Gasteiger partial charge in [-0.05, 0) is 37.8 Å². The molecule has 2 heterocycles. The number of carboxylic acids is 1. The highest BCUT2D eigenvalue weighted by Crippen LogP contribution is 2.31. The Morgan fingerprint density at radius 3 is 2.76 bits per heavy atom. The van der Waals surface area contributed by atoms with Crippen molar-refractivity contribution in [3.8, 4) is 11.3 Å². The summed E-state index contributed by atoms with van der Waals surface area (Å²) in [7, 11) is 0. The molecule has 1 saturated carbocycles. The van der Waals surface area contributed by atoms with Crippen molar-refractivity contribution >= 4 is 28.6 Å². The van der Waals surface area contributed by atoms with E-state index in [0.29, 0.717) is 34.7 Å². The summed E-state index contributed by atoms with van der Waals surface area (Å²) in [4.78, 5) is 35.9. The molecule has 1 aromatic carbocycles. The van der Waals surface area contributed by atoms with Gasteiger partial charge in [-0.15, -0.1) is 0 Å². The maximum absolute atomic E-state index is 12.3. The number of rotatable bonds is 5. The van der Waals surface area contributed by atoms with Crippen molar-refractivity contribution in [1.29, 1.82) is 0 Å². The summed E-state index contributed by atoms with van der Waals surface area (Å²) >= 11 is 0. The molecule has 3 aromatic rings. The molecular weight excluding hydrogens is 368 g/mol. The molecule has 0 aliphatic heterocycles. The number of H-pyrrole nitrogens is 1. The molecular formula is C22H22N4O3. The molecule has 7 heteroatoms. The van der Waals surface area contributed by atoms with Crippen LogP contribution in [0, 0.1) is 0 Å². The molecule has 1 aliphatic rings. The van der Waals surface area contributed by atoms with Gasteiger partial charge in [0.05, 0.1) is 16.6 Å². The van der Waals surface area contributed by atoms with Gasteiger partial charge >= 0.3 is 5.97 Å². The fourth-order valence-electron chi connectivity index (χ4n) is 3.70. The SMILES string of the molecule is CCc1nc(-c2cccc(NC(=O)C=C3CCCC3)c2)c2c(C(=O)O)c[nH]c2n1. The van der Waals surface area contributed by atoms with E-state index in [1.165, 1.54) is 11.8 Å². The number of aryl methyl sites for hydroxylation is 1. The standard InChI is InChI=1S/C22H22N4O3/c1-2-17-25-20(19-16(22(28)29)12-23-21(19)26-17)14-8-5-9-15(11-14)24-18(27)10-13-6-3-4-7-13/h5,8-12H,2-4,6-7H2,1H3,(H,24,27)(H,28,29)(H,23,25,26). The first kappa shape index (κ1) is 18.9. The molecule has 2 aromatic heterocycles. The third-order valence-corrected chi connectivity index (χ3v) is 5.11. The van der Waals surface area contributed by atoms with Crippen LogP contribution in [0.3, 0.4) is 0 Å². The summed E-state index contributed by atoms with van der Waals surface area (Å²) in [5.41, 5.74) is 3.70. The molecule has 148 valence electrons. The zero-order valence-electron chi connectivity index (χ0n) is 16.2. The molecule has 1 amide bonds. The summed E-state index contributed by atoms with van der Waals surface area (Å²) in [6, 6.07) is 7.29. The number of hydrogen-bond acceptors (Lipinski definition) is 4. The van der Waals surface area contributed by atoms with E-state index in [1.807, 2.05) is 31.2 Å². The highest BCUT2D eigenvalue weighted by molar-refractivity contribution is 6.08. The van der Waals surface area contributed by atoms with Crippen LogP contribution in [0.25, 0.3) is 22.3 Å². The minimum atomic E-state index is -1.04. The second-order valence-electron chi connectivity index (χ2n) is 7.15. The van der Waals surface area contributed by atoms with Crippen molar-refractivity contribution < 1.29 is 14.7 Å². The Bertz CT molecular complexity index is 1120. The van der Waals surface area contributed by atoms with Crippen LogP contribution in [0.1, 0.15) is 48.8 Å². The number of anilines is 1. The smallest absolute Gasteiger partial charge is 0.338 e. The minimum Gasteiger partial charge on any atom is -0.478 e. The van der Waals surface area contributed by atoms with E-state index in [-0.39, 0.29) is 11.5 Å². The van der Waals surface area contributed by atoms with Gasteiger partial charge in [-0.3, -0.25) is 4.79 Å². The summed E-state index contributed by atoms with van der Waals surface area (Å²) in [6.07, 6.45) is 7.99. The van der Waals surface area contributed by atoms with E-state index in [2.05, 4.69) is 20.3 Å². The number of aromatic carboxylic acids is 1. The van der Waals surface area contributed by atoms with E-state index < -0.39 is 5.97 Å². The molecule has 1 fully saturated rings. The van der Waals surface area contributed by atoms with Crippen molar-refractivity contribution in [1.82, 2.24) is 15.0 Å². The Labute approximate surface area is 167 Å². The second kappa shape index (κ2) is 7.87. The third-order valence-electron chi connectivity index (χ3n) is 5.11. The first-order chi connectivity index (χ1) is 14.0. The zero-order valence-corrected chi connectivity index (χ0v) is 16.2. The maximum atomic E-state index is 12.3. The van der Waals surface area contributed by atoms with Crippen LogP contribution in [-0.4, -0.2) is 31.9 Å². The number of hydrogen-bond donors (Lipinski definition) is 3. The minimum absolute atomic E-state index is 0.123. The number of benzene rings is 1. The molecule has 7 nitrogen and oxygen atoms in total. The van der Waals surface area contributed by atoms with E-state index in [0.717, 1.165) is 31.2 Å². The quantitative estimate of drug-likeness (QED) is 0.562. The maximum Gasteiger partial charge on any atom is 0.338 e. The Hall–Kier alpha value is -3.48. The van der Waals surface area contributed by atoms with Gasteiger partial charge in [0, 0.05) is 29.9 Å². The molecule has 0 saturated heterocycles. The van der Waals surface area contributed by atoms with E-state index in [9.17, 15) is 14.7 Å². The molecule has 29 heavy (non-hydrogen) atoms. The number of nitrogens with zero attached hydrogens (tertiary/aromatic N) is 2. The van der Waals surface area contributed by atoms with Crippen LogP contribution in [0.4, 0.5) is 5.69 Å². The van der Waals surface area contributed by atoms with Gasteiger partial charge < -0.3 is 15.4 Å². The Balaban J connectivity index is 1.73. The second-order valence-corrected chi connectivity index (χ2v) is 7.15. The van der Waals surface area contributed by atoms with Gasteiger partial charge in [-0.2, -0.15) is 0 Å². The number of carbonyl (C=O) groups excluding carboxylic acids is 1. The summed E-state index contributed by atoms with van der Waals surface area (Å²) in [6.45, 7) is 1.94. The summed E-state index contributed by atoms with van der Waals surface area (Å²) < 4.78 is 0. The molecule has 0 spiro atoms. The third kappa shape index (κ3) is 3.89. The number of aromatic nitrogens is 3. The van der Waals surface area contributed by atoms with Gasteiger partial charge in [0.1, 0.15) is 11.5 Å². The normalized spacial score (nSPS) is 13.6. The topological polar surface area (TPSA) is 108 Å². The first-order valence-corrected chi connectivity index (χ1v) is 9.77. The van der Waals surface area contributed by atoms with Crippen molar-refractivity contribution in [3.05, 3.63) is 53.5 Å². The predicted molar refractivity (Wildman–Crippen MR) is 111 cm³/mol. The molecule has 0 radical (unpaired) electrons. The Kier molecular flexibility index (Phi) is 5.12. The molecule has 1 aliphatic carbocycles. The number of allylic oxidation sites excluding steroid dienone is 1. The molecule has 0 atom stereocenters. The van der Waals surface area contributed by atoms with E-state index in [1.54, 1.807) is 6.08 Å². The highest BCUT2D eigenvalue weighted by atomic mass is 16.4. The highest BCUT2D eigenvalue weighted by Gasteiger charge is 2.19. The van der Waals surface area contributed by atoms with E-state index >= 15 is 0 Å². The zero-order chi connectivity index (χ0) is 20.4. The number of aromatic amines is 1. The molecule has 0 unspecified atom stereocenters. The fourth-order valence-corrected chi connectivity index (χ4v) is 3.70. The van der Waals surface area contributed by atoms with Gasteiger partial charge in [-0.1, -0.05) is 24.6 Å². The summed E-state index contributed by atoms with van der Waals surface area (Å²) in [5, 5.41) is 12.9. The number of nitrogens with one attached hydrogen (secondary N) is 2. The van der Waals surface area contributed by atoms with Gasteiger partial charge in [0.25, 0.3) is 0 Å². The lowest BCUT2D eigenvalue weighted by atomic mass is 10.1. The van der Waals surface area contributed by atoms with Crippen LogP contribution >= 0.6 is 0 Å². The average Bonchev–Trinajstić information content (AvgIpc) is 3.36. The average molecular weight is 390 g/mol. The van der Waals surface area contributed by atoms with Gasteiger partial charge in [0.2, 0.25) is 5.91 Å². The van der Waals surface area contributed by atoms with Gasteiger partial charge in [-0.25, -0.2) is 14.8 Å². The number of carboxylic acid groups (broad SMARTS) is 1. The van der Waals surface area contributed by atoms with Crippen LogP contribution in [-0.2, 0) is 11.2 Å². The molecule has 4 rings (SSSR count). The number of carbonyl (C=O) groups is 2. The lowest BCUT2D eigenvalue weighted by Gasteiger charge is -2.09. The van der Waals surface area contributed by atoms with Crippen LogP contribution in [0.2, 0.25) is 0 Å². The van der Waals surface area contributed by atoms with Gasteiger partial charge in [0.15, 0.2) is 0 Å². The number of amides is 1. The largest absolute Gasteiger partial charge is 0.478 e. The van der Waals surface area contributed by atoms with Crippen molar-refractivity contribution in [2.75, 3.05) is 5.32 Å². The van der Waals surface area contributed by atoms with Crippen molar-refractivity contribution in [2.24, 2.45) is 0 Å². The lowest BCUT2D eigenvalue weighted by molar-refractivity contribution is -0.112.